The zero-order chi connectivity index (χ0) is 22.1. The highest BCUT2D eigenvalue weighted by Crippen LogP contribution is 2.45. The van der Waals surface area contributed by atoms with Crippen molar-refractivity contribution in [1.29, 1.82) is 0 Å². The molecule has 1 aromatic carbocycles. The van der Waals surface area contributed by atoms with E-state index in [-0.39, 0.29) is 22.6 Å². The lowest BCUT2D eigenvalue weighted by atomic mass is 9.90. The Morgan fingerprint density at radius 1 is 1.14 bits per heavy atom. The number of benzene rings is 1. The van der Waals surface area contributed by atoms with Crippen molar-refractivity contribution in [3.8, 4) is 0 Å². The summed E-state index contributed by atoms with van der Waals surface area (Å²) in [7, 11) is -1.89. The molecule has 0 saturated heterocycles. The fourth-order valence-corrected chi connectivity index (χ4v) is 4.30. The third-order valence-corrected chi connectivity index (χ3v) is 10.9. The molecule has 1 N–H and O–H groups in total. The lowest BCUT2D eigenvalue weighted by molar-refractivity contribution is 0.0457. The van der Waals surface area contributed by atoms with Gasteiger partial charge in [-0.15, -0.1) is 0 Å². The summed E-state index contributed by atoms with van der Waals surface area (Å²) in [5.41, 5.74) is 0.434. The van der Waals surface area contributed by atoms with Crippen molar-refractivity contribution >= 4 is 26.0 Å². The van der Waals surface area contributed by atoms with Crippen LogP contribution in [0.5, 0.6) is 0 Å². The first-order valence-corrected chi connectivity index (χ1v) is 13.8. The predicted octanol–water partition coefficient (Wildman–Crippen LogP) is 6.58. The fourth-order valence-electron chi connectivity index (χ4n) is 3.12. The number of carbonyl (C=O) groups is 1. The molecule has 1 fully saturated rings. The fraction of sp³-hybridized carbons (Fsp3) is 0.696. The van der Waals surface area contributed by atoms with Crippen LogP contribution in [-0.2, 0) is 15.6 Å². The zero-order valence-electron chi connectivity index (χ0n) is 19.3. The van der Waals surface area contributed by atoms with E-state index in [2.05, 4.69) is 51.3 Å². The summed E-state index contributed by atoms with van der Waals surface area (Å²) in [4.78, 5) is 12.5. The molecule has 2 rings (SSSR count). The molecule has 1 atom stereocenters. The Kier molecular flexibility index (Phi) is 7.18. The Morgan fingerprint density at radius 3 is 2.14 bits per heavy atom. The molecular formula is C23H38ClNO3Si. The van der Waals surface area contributed by atoms with Crippen LogP contribution in [0.2, 0.25) is 23.2 Å². The maximum absolute atomic E-state index is 12.5. The van der Waals surface area contributed by atoms with Gasteiger partial charge in [0.05, 0.1) is 0 Å². The minimum Gasteiger partial charge on any atom is -0.444 e. The van der Waals surface area contributed by atoms with Gasteiger partial charge in [-0.25, -0.2) is 4.79 Å². The number of rotatable bonds is 7. The third kappa shape index (κ3) is 7.01. The quantitative estimate of drug-likeness (QED) is 0.488. The first-order valence-electron chi connectivity index (χ1n) is 10.5. The maximum Gasteiger partial charge on any atom is 0.408 e. The van der Waals surface area contributed by atoms with E-state index in [9.17, 15) is 4.79 Å². The van der Waals surface area contributed by atoms with Crippen LogP contribution in [0.3, 0.4) is 0 Å². The highest BCUT2D eigenvalue weighted by atomic mass is 35.5. The molecular weight excluding hydrogens is 402 g/mol. The molecule has 4 nitrogen and oxygen atoms in total. The largest absolute Gasteiger partial charge is 0.444 e. The summed E-state index contributed by atoms with van der Waals surface area (Å²) in [5.74, 6) is 0.185. The van der Waals surface area contributed by atoms with E-state index in [1.165, 1.54) is 5.56 Å². The van der Waals surface area contributed by atoms with Crippen LogP contribution in [0.15, 0.2) is 24.3 Å². The van der Waals surface area contributed by atoms with Crippen molar-refractivity contribution in [2.45, 2.75) is 90.1 Å². The van der Waals surface area contributed by atoms with Gasteiger partial charge < -0.3 is 14.5 Å². The van der Waals surface area contributed by atoms with Crippen LogP contribution in [0.4, 0.5) is 4.79 Å². The molecule has 29 heavy (non-hydrogen) atoms. The van der Waals surface area contributed by atoms with Gasteiger partial charge in [0.1, 0.15) is 5.60 Å². The molecule has 1 unspecified atom stereocenters. The van der Waals surface area contributed by atoms with Gasteiger partial charge in [0.25, 0.3) is 0 Å². The molecule has 0 aromatic heterocycles. The molecule has 1 aliphatic rings. The second kappa shape index (κ2) is 8.60. The van der Waals surface area contributed by atoms with Gasteiger partial charge in [-0.05, 0) is 75.9 Å². The molecule has 0 bridgehead atoms. The SMILES string of the molecule is CC(C)(C)OC(=O)NC1(C(CO[Si](C)(C)C(C)(C)C)Cc2ccc(Cl)cc2)CC1. The molecule has 0 radical (unpaired) electrons. The Morgan fingerprint density at radius 2 is 1.69 bits per heavy atom. The van der Waals surface area contributed by atoms with Crippen molar-refractivity contribution in [1.82, 2.24) is 5.32 Å². The Balaban J connectivity index is 2.17. The predicted molar refractivity (Wildman–Crippen MR) is 123 cm³/mol. The van der Waals surface area contributed by atoms with Crippen molar-refractivity contribution < 1.29 is 14.0 Å². The molecule has 6 heteroatoms. The summed E-state index contributed by atoms with van der Waals surface area (Å²) in [6.07, 6.45) is 2.39. The van der Waals surface area contributed by atoms with Crippen molar-refractivity contribution in [2.24, 2.45) is 5.92 Å². The number of carbonyl (C=O) groups excluding carboxylic acids is 1. The minimum atomic E-state index is -1.89. The van der Waals surface area contributed by atoms with Crippen LogP contribution < -0.4 is 5.32 Å². The number of amides is 1. The maximum atomic E-state index is 12.5. The Bertz CT molecular complexity index is 700. The molecule has 164 valence electrons. The number of hydrogen-bond donors (Lipinski definition) is 1. The van der Waals surface area contributed by atoms with Gasteiger partial charge >= 0.3 is 6.09 Å². The first kappa shape index (κ1) is 24.2. The summed E-state index contributed by atoms with van der Waals surface area (Å²) in [6, 6.07) is 7.96. The topological polar surface area (TPSA) is 47.6 Å². The number of alkyl carbamates (subject to hydrolysis) is 1. The number of nitrogens with one attached hydrogen (secondary N) is 1. The van der Waals surface area contributed by atoms with Gasteiger partial charge in [-0.2, -0.15) is 0 Å². The van der Waals surface area contributed by atoms with Crippen LogP contribution in [-0.4, -0.2) is 32.2 Å². The number of hydrogen-bond acceptors (Lipinski definition) is 3. The van der Waals surface area contributed by atoms with Crippen LogP contribution in [0.1, 0.15) is 59.9 Å². The lowest BCUT2D eigenvalue weighted by Crippen LogP contribution is -2.49. The second-order valence-corrected chi connectivity index (χ2v) is 16.1. The second-order valence-electron chi connectivity index (χ2n) is 10.9. The minimum absolute atomic E-state index is 0.146. The van der Waals surface area contributed by atoms with Gasteiger partial charge in [-0.1, -0.05) is 44.5 Å². The summed E-state index contributed by atoms with van der Waals surface area (Å²) in [6.45, 7) is 17.6. The number of halogens is 1. The highest BCUT2D eigenvalue weighted by Gasteiger charge is 2.52. The van der Waals surface area contributed by atoms with Crippen molar-refractivity contribution in [3.05, 3.63) is 34.9 Å². The first-order chi connectivity index (χ1) is 13.1. The standard InChI is InChI=1S/C23H38ClNO3Si/c1-21(2,3)28-20(26)25-23(13-14-23)18(15-17-9-11-19(24)12-10-17)16-27-29(7,8)22(4,5)6/h9-12,18H,13-16H2,1-8H3,(H,25,26). The van der Waals surface area contributed by atoms with Crippen molar-refractivity contribution in [3.63, 3.8) is 0 Å². The van der Waals surface area contributed by atoms with Crippen LogP contribution >= 0.6 is 11.6 Å². The third-order valence-electron chi connectivity index (χ3n) is 6.17. The van der Waals surface area contributed by atoms with Crippen LogP contribution in [0, 0.1) is 5.92 Å². The van der Waals surface area contributed by atoms with Crippen molar-refractivity contribution in [2.75, 3.05) is 6.61 Å². The van der Waals surface area contributed by atoms with Gasteiger partial charge in [0.15, 0.2) is 8.32 Å². The number of ether oxygens (including phenoxy) is 1. The molecule has 1 aromatic rings. The molecule has 0 spiro atoms. The summed E-state index contributed by atoms with van der Waals surface area (Å²) in [5, 5.41) is 4.06. The summed E-state index contributed by atoms with van der Waals surface area (Å²) >= 11 is 6.06. The highest BCUT2D eigenvalue weighted by molar-refractivity contribution is 6.74. The van der Waals surface area contributed by atoms with Gasteiger partial charge in [0.2, 0.25) is 0 Å². The Labute approximate surface area is 182 Å². The average Bonchev–Trinajstić information content (AvgIpc) is 3.30. The van der Waals surface area contributed by atoms with E-state index in [1.54, 1.807) is 0 Å². The average molecular weight is 440 g/mol. The van der Waals surface area contributed by atoms with Crippen LogP contribution in [0.25, 0.3) is 0 Å². The van der Waals surface area contributed by atoms with E-state index in [0.29, 0.717) is 6.61 Å². The van der Waals surface area contributed by atoms with E-state index in [0.717, 1.165) is 24.3 Å². The van der Waals surface area contributed by atoms with E-state index >= 15 is 0 Å². The molecule has 0 aliphatic heterocycles. The van der Waals surface area contributed by atoms with Gasteiger partial charge in [0, 0.05) is 23.1 Å². The van der Waals surface area contributed by atoms with E-state index < -0.39 is 13.9 Å². The van der Waals surface area contributed by atoms with E-state index in [1.807, 2.05) is 32.9 Å². The Hall–Kier alpha value is -1.04. The molecule has 1 saturated carbocycles. The monoisotopic (exact) mass is 439 g/mol. The normalized spacial score (nSPS) is 17.6. The van der Waals surface area contributed by atoms with E-state index in [4.69, 9.17) is 20.8 Å². The molecule has 1 amide bonds. The summed E-state index contributed by atoms with van der Waals surface area (Å²) < 4.78 is 12.1. The van der Waals surface area contributed by atoms with Gasteiger partial charge in [-0.3, -0.25) is 0 Å². The molecule has 0 heterocycles. The smallest absolute Gasteiger partial charge is 0.408 e. The lowest BCUT2D eigenvalue weighted by Gasteiger charge is -2.39. The molecule has 1 aliphatic carbocycles. The zero-order valence-corrected chi connectivity index (χ0v) is 21.1.